The van der Waals surface area contributed by atoms with Crippen LogP contribution >= 0.6 is 0 Å². The predicted octanol–water partition coefficient (Wildman–Crippen LogP) is 1.58. The molecule has 2 amide bonds. The summed E-state index contributed by atoms with van der Waals surface area (Å²) in [6, 6.07) is 5.15. The summed E-state index contributed by atoms with van der Waals surface area (Å²) < 4.78 is 43.0. The lowest BCUT2D eigenvalue weighted by molar-refractivity contribution is -0.174. The topological polar surface area (TPSA) is 61.9 Å². The molecule has 1 saturated heterocycles. The van der Waals surface area contributed by atoms with Gasteiger partial charge in [-0.3, -0.25) is 9.59 Å². The molecule has 1 fully saturated rings. The van der Waals surface area contributed by atoms with Crippen molar-refractivity contribution in [1.29, 1.82) is 0 Å². The molecule has 0 saturated carbocycles. The first kappa shape index (κ1) is 20.0. The minimum atomic E-state index is -5.01. The van der Waals surface area contributed by atoms with Crippen molar-refractivity contribution in [3.8, 4) is 5.75 Å². The van der Waals surface area contributed by atoms with E-state index in [1.54, 1.807) is 17.0 Å². The zero-order valence-corrected chi connectivity index (χ0v) is 14.7. The monoisotopic (exact) mass is 373 g/mol. The van der Waals surface area contributed by atoms with Crippen LogP contribution in [-0.2, 0) is 9.59 Å². The summed E-state index contributed by atoms with van der Waals surface area (Å²) in [4.78, 5) is 27.5. The number of halogens is 3. The number of carbonyl (C=O) groups excluding carboxylic acids is 2. The Morgan fingerprint density at radius 3 is 2.23 bits per heavy atom. The first-order valence-electron chi connectivity index (χ1n) is 8.18. The Labute approximate surface area is 149 Å². The zero-order valence-electron chi connectivity index (χ0n) is 14.7. The van der Waals surface area contributed by atoms with Gasteiger partial charge in [0.1, 0.15) is 5.75 Å². The van der Waals surface area contributed by atoms with Crippen molar-refractivity contribution in [2.24, 2.45) is 0 Å². The van der Waals surface area contributed by atoms with Gasteiger partial charge >= 0.3 is 12.1 Å². The first-order valence-corrected chi connectivity index (χ1v) is 8.18. The molecule has 2 rings (SSSR count). The number of carbonyl (C=O) groups is 2. The number of benzene rings is 1. The van der Waals surface area contributed by atoms with Gasteiger partial charge in [0.25, 0.3) is 0 Å². The molecule has 0 radical (unpaired) electrons. The molecule has 26 heavy (non-hydrogen) atoms. The Kier molecular flexibility index (Phi) is 6.47. The van der Waals surface area contributed by atoms with Gasteiger partial charge in [0, 0.05) is 26.2 Å². The Hall–Kier alpha value is -2.29. The van der Waals surface area contributed by atoms with Crippen LogP contribution in [0.25, 0.3) is 0 Å². The van der Waals surface area contributed by atoms with E-state index in [0.29, 0.717) is 37.5 Å². The number of nitrogens with one attached hydrogen (secondary N) is 1. The number of rotatable bonds is 5. The third-order valence-corrected chi connectivity index (χ3v) is 4.32. The second kappa shape index (κ2) is 8.39. The molecule has 1 aromatic rings. The second-order valence-corrected chi connectivity index (χ2v) is 6.19. The third kappa shape index (κ3) is 5.35. The van der Waals surface area contributed by atoms with Gasteiger partial charge in [0.05, 0.1) is 19.6 Å². The Morgan fingerprint density at radius 2 is 1.73 bits per heavy atom. The van der Waals surface area contributed by atoms with E-state index in [-0.39, 0.29) is 12.3 Å². The first-order chi connectivity index (χ1) is 12.2. The molecule has 0 bridgehead atoms. The van der Waals surface area contributed by atoms with Crippen LogP contribution in [-0.4, -0.2) is 68.1 Å². The quantitative estimate of drug-likeness (QED) is 0.851. The van der Waals surface area contributed by atoms with Gasteiger partial charge in [0.15, 0.2) is 0 Å². The van der Waals surface area contributed by atoms with Crippen molar-refractivity contribution < 1.29 is 27.5 Å². The fourth-order valence-corrected chi connectivity index (χ4v) is 2.69. The second-order valence-electron chi connectivity index (χ2n) is 6.19. The van der Waals surface area contributed by atoms with E-state index in [9.17, 15) is 22.8 Å². The zero-order chi connectivity index (χ0) is 19.3. The molecule has 1 atom stereocenters. The van der Waals surface area contributed by atoms with Crippen molar-refractivity contribution >= 4 is 11.8 Å². The predicted molar refractivity (Wildman–Crippen MR) is 88.6 cm³/mol. The van der Waals surface area contributed by atoms with Crippen molar-refractivity contribution in [3.63, 3.8) is 0 Å². The van der Waals surface area contributed by atoms with Crippen LogP contribution in [0.5, 0.6) is 5.75 Å². The lowest BCUT2D eigenvalue weighted by Crippen LogP contribution is -2.48. The molecule has 1 heterocycles. The molecule has 1 aliphatic rings. The van der Waals surface area contributed by atoms with E-state index in [1.165, 1.54) is 19.2 Å². The number of piperazine rings is 1. The molecule has 0 spiro atoms. The van der Waals surface area contributed by atoms with E-state index in [0.717, 1.165) is 0 Å². The molecule has 1 aromatic carbocycles. The minimum Gasteiger partial charge on any atom is -0.497 e. The van der Waals surface area contributed by atoms with Crippen LogP contribution in [0.2, 0.25) is 0 Å². The van der Waals surface area contributed by atoms with Gasteiger partial charge in [-0.05, 0) is 24.7 Å². The van der Waals surface area contributed by atoms with Gasteiger partial charge in [-0.1, -0.05) is 12.1 Å². The highest BCUT2D eigenvalue weighted by Gasteiger charge is 2.40. The summed E-state index contributed by atoms with van der Waals surface area (Å²) in [7, 11) is 3.40. The maximum atomic E-state index is 12.6. The fourth-order valence-electron chi connectivity index (χ4n) is 2.69. The number of likely N-dealkylation sites (N-methyl/N-ethyl adjacent to an activating group) is 1. The van der Waals surface area contributed by atoms with E-state index in [2.05, 4.69) is 4.90 Å². The maximum Gasteiger partial charge on any atom is 0.471 e. The van der Waals surface area contributed by atoms with Crippen molar-refractivity contribution in [3.05, 3.63) is 29.8 Å². The van der Waals surface area contributed by atoms with E-state index < -0.39 is 18.1 Å². The van der Waals surface area contributed by atoms with Crippen LogP contribution < -0.4 is 10.1 Å². The third-order valence-electron chi connectivity index (χ3n) is 4.32. The van der Waals surface area contributed by atoms with Crippen LogP contribution in [0.1, 0.15) is 18.0 Å². The smallest absolute Gasteiger partial charge is 0.471 e. The lowest BCUT2D eigenvalue weighted by Gasteiger charge is -2.33. The van der Waals surface area contributed by atoms with E-state index in [1.807, 2.05) is 12.4 Å². The molecule has 0 unspecified atom stereocenters. The van der Waals surface area contributed by atoms with Gasteiger partial charge in [-0.2, -0.15) is 13.2 Å². The molecule has 6 nitrogen and oxygen atoms in total. The molecule has 1 N–H and O–H groups in total. The summed E-state index contributed by atoms with van der Waals surface area (Å²) in [6.07, 6.45) is -5.25. The number of amides is 2. The number of alkyl halides is 3. The standard InChI is InChI=1S/C17H22F3N3O3/c1-22-7-9-23(10-8-22)15(24)11-14(21-16(25)17(18,19)20)12-3-5-13(26-2)6-4-12/h3-6,14H,7-11H2,1-2H3,(H,21,25)/t14-/m0/s1. The van der Waals surface area contributed by atoms with E-state index in [4.69, 9.17) is 4.74 Å². The molecular weight excluding hydrogens is 351 g/mol. The van der Waals surface area contributed by atoms with Crippen LogP contribution in [0, 0.1) is 0 Å². The van der Waals surface area contributed by atoms with Gasteiger partial charge < -0.3 is 19.9 Å². The van der Waals surface area contributed by atoms with Crippen molar-refractivity contribution in [2.75, 3.05) is 40.3 Å². The number of hydrogen-bond acceptors (Lipinski definition) is 4. The number of hydrogen-bond donors (Lipinski definition) is 1. The summed E-state index contributed by atoms with van der Waals surface area (Å²) in [5, 5.41) is 1.93. The average molecular weight is 373 g/mol. The van der Waals surface area contributed by atoms with Gasteiger partial charge in [-0.15, -0.1) is 0 Å². The normalized spacial score (nSPS) is 16.9. The van der Waals surface area contributed by atoms with Crippen molar-refractivity contribution in [1.82, 2.24) is 15.1 Å². The number of nitrogens with zero attached hydrogens (tertiary/aromatic N) is 2. The maximum absolute atomic E-state index is 12.6. The SMILES string of the molecule is COc1ccc([C@H](CC(=O)N2CCN(C)CC2)NC(=O)C(F)(F)F)cc1. The van der Waals surface area contributed by atoms with Gasteiger partial charge in [0.2, 0.25) is 5.91 Å². The average Bonchev–Trinajstić information content (AvgIpc) is 2.60. The summed E-state index contributed by atoms with van der Waals surface area (Å²) in [5.74, 6) is -1.83. The lowest BCUT2D eigenvalue weighted by atomic mass is 10.0. The Bertz CT molecular complexity index is 626. The highest BCUT2D eigenvalue weighted by atomic mass is 19.4. The Morgan fingerprint density at radius 1 is 1.15 bits per heavy atom. The fraction of sp³-hybridized carbons (Fsp3) is 0.529. The molecule has 9 heteroatoms. The highest BCUT2D eigenvalue weighted by molar-refractivity contribution is 5.83. The molecule has 144 valence electrons. The van der Waals surface area contributed by atoms with Crippen LogP contribution in [0.4, 0.5) is 13.2 Å². The largest absolute Gasteiger partial charge is 0.497 e. The van der Waals surface area contributed by atoms with Crippen LogP contribution in [0.3, 0.4) is 0 Å². The van der Waals surface area contributed by atoms with Crippen molar-refractivity contribution in [2.45, 2.75) is 18.6 Å². The van der Waals surface area contributed by atoms with Crippen LogP contribution in [0.15, 0.2) is 24.3 Å². The summed E-state index contributed by atoms with van der Waals surface area (Å²) >= 11 is 0. The number of methoxy groups -OCH3 is 1. The minimum absolute atomic E-state index is 0.238. The van der Waals surface area contributed by atoms with E-state index >= 15 is 0 Å². The molecular formula is C17H22F3N3O3. The summed E-state index contributed by atoms with van der Waals surface area (Å²) in [6.45, 7) is 2.43. The summed E-state index contributed by atoms with van der Waals surface area (Å²) in [5.41, 5.74) is 0.408. The van der Waals surface area contributed by atoms with Gasteiger partial charge in [-0.25, -0.2) is 0 Å². The molecule has 0 aliphatic carbocycles. The Balaban J connectivity index is 2.13. The molecule has 0 aromatic heterocycles. The number of ether oxygens (including phenoxy) is 1. The molecule has 1 aliphatic heterocycles. The highest BCUT2D eigenvalue weighted by Crippen LogP contribution is 2.24.